The zero-order valence-corrected chi connectivity index (χ0v) is 16.5. The van der Waals surface area contributed by atoms with Gasteiger partial charge in [0.2, 0.25) is 0 Å². The average Bonchev–Trinajstić information content (AvgIpc) is 2.67. The van der Waals surface area contributed by atoms with E-state index in [9.17, 15) is 9.59 Å². The van der Waals surface area contributed by atoms with E-state index in [2.05, 4.69) is 10.4 Å². The van der Waals surface area contributed by atoms with Gasteiger partial charge in [-0.25, -0.2) is 4.68 Å². The molecule has 1 aromatic carbocycles. The Balaban J connectivity index is 0.00000261. The van der Waals surface area contributed by atoms with Crippen molar-refractivity contribution in [1.82, 2.24) is 20.0 Å². The summed E-state index contributed by atoms with van der Waals surface area (Å²) in [6, 6.07) is 10.2. The molecule has 0 radical (unpaired) electrons. The fourth-order valence-electron chi connectivity index (χ4n) is 3.02. The number of carbonyl (C=O) groups excluding carboxylic acids is 1. The normalized spacial score (nSPS) is 16.7. The molecular weight excluding hydrogens is 391 g/mol. The number of piperazine rings is 1. The lowest BCUT2D eigenvalue weighted by molar-refractivity contribution is 0.0624. The average molecular weight is 413 g/mol. The van der Waals surface area contributed by atoms with Gasteiger partial charge >= 0.3 is 0 Å². The molecule has 27 heavy (non-hydrogen) atoms. The molecule has 0 spiro atoms. The van der Waals surface area contributed by atoms with E-state index in [0.29, 0.717) is 37.8 Å². The molecule has 1 fully saturated rings. The molecule has 9 heteroatoms. The Labute approximate surface area is 168 Å². The summed E-state index contributed by atoms with van der Waals surface area (Å²) in [5.74, 6) is -0.220. The van der Waals surface area contributed by atoms with Crippen LogP contribution in [0.2, 0.25) is 5.02 Å². The number of rotatable bonds is 5. The predicted molar refractivity (Wildman–Crippen MR) is 106 cm³/mol. The van der Waals surface area contributed by atoms with Gasteiger partial charge in [-0.05, 0) is 17.7 Å². The number of halogens is 2. The minimum atomic E-state index is -0.262. The van der Waals surface area contributed by atoms with Crippen molar-refractivity contribution in [3.63, 3.8) is 0 Å². The molecule has 1 aliphatic heterocycles. The van der Waals surface area contributed by atoms with E-state index < -0.39 is 0 Å². The van der Waals surface area contributed by atoms with Crippen LogP contribution in [0.1, 0.15) is 22.1 Å². The van der Waals surface area contributed by atoms with E-state index in [1.165, 1.54) is 16.8 Å². The van der Waals surface area contributed by atoms with Crippen LogP contribution in [0, 0.1) is 0 Å². The highest BCUT2D eigenvalue weighted by Crippen LogP contribution is 2.29. The molecule has 146 valence electrons. The fraction of sp³-hybridized carbons (Fsp3) is 0.389. The molecule has 1 aromatic heterocycles. The molecule has 0 saturated carbocycles. The summed E-state index contributed by atoms with van der Waals surface area (Å²) in [6.07, 6.45) is 0. The molecule has 1 N–H and O–H groups in total. The highest BCUT2D eigenvalue weighted by Gasteiger charge is 2.30. The van der Waals surface area contributed by atoms with Crippen molar-refractivity contribution in [3.05, 3.63) is 63.0 Å². The van der Waals surface area contributed by atoms with Gasteiger partial charge in [0.15, 0.2) is 0 Å². The van der Waals surface area contributed by atoms with E-state index >= 15 is 0 Å². The van der Waals surface area contributed by atoms with E-state index in [-0.39, 0.29) is 35.6 Å². The van der Waals surface area contributed by atoms with Crippen molar-refractivity contribution in [2.45, 2.75) is 12.6 Å². The molecule has 1 saturated heterocycles. The molecule has 1 unspecified atom stereocenters. The molecule has 7 nitrogen and oxygen atoms in total. The SMILES string of the molecule is COCCn1nc(C(=O)N2CCNCC2c2ccccc2Cl)ccc1=O.Cl. The quantitative estimate of drug-likeness (QED) is 0.809. The second kappa shape index (κ2) is 9.85. The van der Waals surface area contributed by atoms with Crippen molar-refractivity contribution >= 4 is 29.9 Å². The Morgan fingerprint density at radius 3 is 2.85 bits per heavy atom. The molecule has 2 heterocycles. The Kier molecular flexibility index (Phi) is 7.79. The van der Waals surface area contributed by atoms with E-state index in [0.717, 1.165) is 5.56 Å². The van der Waals surface area contributed by atoms with Gasteiger partial charge in [0, 0.05) is 37.8 Å². The third-order valence-electron chi connectivity index (χ3n) is 4.36. The molecule has 2 aromatic rings. The standard InChI is InChI=1S/C18H21ClN4O3.ClH/c1-26-11-10-23-17(24)7-6-15(21-23)18(25)22-9-8-20-12-16(22)13-4-2-3-5-14(13)19;/h2-7,16,20H,8-12H2,1H3;1H. The zero-order valence-electron chi connectivity index (χ0n) is 14.9. The Morgan fingerprint density at radius 2 is 2.11 bits per heavy atom. The van der Waals surface area contributed by atoms with E-state index in [4.69, 9.17) is 16.3 Å². The van der Waals surface area contributed by atoms with Gasteiger partial charge in [-0.1, -0.05) is 29.8 Å². The lowest BCUT2D eigenvalue weighted by Crippen LogP contribution is -2.49. The van der Waals surface area contributed by atoms with Crippen LogP contribution in [-0.4, -0.2) is 53.9 Å². The Morgan fingerprint density at radius 1 is 1.33 bits per heavy atom. The lowest BCUT2D eigenvalue weighted by Gasteiger charge is -2.36. The predicted octanol–water partition coefficient (Wildman–Crippen LogP) is 1.75. The summed E-state index contributed by atoms with van der Waals surface area (Å²) >= 11 is 6.34. The summed E-state index contributed by atoms with van der Waals surface area (Å²) in [6.45, 7) is 2.48. The van der Waals surface area contributed by atoms with Crippen LogP contribution in [0.3, 0.4) is 0 Å². The van der Waals surface area contributed by atoms with Gasteiger partial charge in [0.1, 0.15) is 5.69 Å². The topological polar surface area (TPSA) is 76.5 Å². The van der Waals surface area contributed by atoms with Crippen molar-refractivity contribution in [2.75, 3.05) is 33.4 Å². The van der Waals surface area contributed by atoms with Gasteiger partial charge in [0.25, 0.3) is 11.5 Å². The number of benzene rings is 1. The Bertz CT molecular complexity index is 843. The van der Waals surface area contributed by atoms with Gasteiger partial charge in [-0.15, -0.1) is 12.4 Å². The van der Waals surface area contributed by atoms with Gasteiger partial charge < -0.3 is 15.0 Å². The second-order valence-corrected chi connectivity index (χ2v) is 6.42. The molecule has 0 bridgehead atoms. The summed E-state index contributed by atoms with van der Waals surface area (Å²) in [4.78, 5) is 26.7. The van der Waals surface area contributed by atoms with Crippen LogP contribution >= 0.6 is 24.0 Å². The smallest absolute Gasteiger partial charge is 0.274 e. The van der Waals surface area contributed by atoms with Crippen LogP contribution in [0.25, 0.3) is 0 Å². The minimum Gasteiger partial charge on any atom is -0.383 e. The number of amides is 1. The number of methoxy groups -OCH3 is 1. The summed E-state index contributed by atoms with van der Waals surface area (Å²) in [5.41, 5.74) is 0.864. The minimum absolute atomic E-state index is 0. The molecule has 0 aliphatic carbocycles. The van der Waals surface area contributed by atoms with Crippen molar-refractivity contribution < 1.29 is 9.53 Å². The van der Waals surface area contributed by atoms with Crippen molar-refractivity contribution in [2.24, 2.45) is 0 Å². The van der Waals surface area contributed by atoms with Crippen LogP contribution in [0.15, 0.2) is 41.2 Å². The largest absolute Gasteiger partial charge is 0.383 e. The molecule has 1 aliphatic rings. The van der Waals surface area contributed by atoms with Crippen LogP contribution in [0.5, 0.6) is 0 Å². The van der Waals surface area contributed by atoms with E-state index in [1.807, 2.05) is 24.3 Å². The van der Waals surface area contributed by atoms with Gasteiger partial charge in [-0.2, -0.15) is 5.10 Å². The number of ether oxygens (including phenoxy) is 1. The Hall–Kier alpha value is -1.93. The number of hydrogen-bond donors (Lipinski definition) is 1. The zero-order chi connectivity index (χ0) is 18.5. The summed E-state index contributed by atoms with van der Waals surface area (Å²) in [7, 11) is 1.55. The number of nitrogens with zero attached hydrogens (tertiary/aromatic N) is 3. The first kappa shape index (κ1) is 21.4. The first-order chi connectivity index (χ1) is 12.6. The summed E-state index contributed by atoms with van der Waals surface area (Å²) in [5, 5.41) is 8.14. The second-order valence-electron chi connectivity index (χ2n) is 6.01. The fourth-order valence-corrected chi connectivity index (χ4v) is 3.28. The van der Waals surface area contributed by atoms with Crippen LogP contribution in [-0.2, 0) is 11.3 Å². The highest BCUT2D eigenvalue weighted by molar-refractivity contribution is 6.31. The first-order valence-electron chi connectivity index (χ1n) is 8.45. The van der Waals surface area contributed by atoms with Crippen molar-refractivity contribution in [3.8, 4) is 0 Å². The first-order valence-corrected chi connectivity index (χ1v) is 8.83. The van der Waals surface area contributed by atoms with Gasteiger partial charge in [0.05, 0.1) is 19.2 Å². The summed E-state index contributed by atoms with van der Waals surface area (Å²) < 4.78 is 6.24. The monoisotopic (exact) mass is 412 g/mol. The molecule has 1 amide bonds. The number of nitrogens with one attached hydrogen (secondary N) is 1. The lowest BCUT2D eigenvalue weighted by atomic mass is 10.0. The number of carbonyl (C=O) groups is 1. The van der Waals surface area contributed by atoms with Crippen LogP contribution < -0.4 is 10.9 Å². The maximum atomic E-state index is 13.1. The number of aromatic nitrogens is 2. The third kappa shape index (κ3) is 4.87. The molecule has 3 rings (SSSR count). The maximum Gasteiger partial charge on any atom is 0.274 e. The molecular formula is C18H22Cl2N4O3. The van der Waals surface area contributed by atoms with E-state index in [1.54, 1.807) is 12.0 Å². The maximum absolute atomic E-state index is 13.1. The molecule has 1 atom stereocenters. The van der Waals surface area contributed by atoms with Gasteiger partial charge in [-0.3, -0.25) is 9.59 Å². The van der Waals surface area contributed by atoms with Crippen LogP contribution in [0.4, 0.5) is 0 Å². The number of hydrogen-bond acceptors (Lipinski definition) is 5. The third-order valence-corrected chi connectivity index (χ3v) is 4.71. The van der Waals surface area contributed by atoms with Crippen molar-refractivity contribution in [1.29, 1.82) is 0 Å². The highest BCUT2D eigenvalue weighted by atomic mass is 35.5.